The molecule has 0 atom stereocenters. The first-order valence-electron chi connectivity index (χ1n) is 7.05. The van der Waals surface area contributed by atoms with E-state index in [0.29, 0.717) is 12.5 Å². The molecule has 0 aromatic heterocycles. The largest absolute Gasteiger partial charge is 0.497 e. The Morgan fingerprint density at radius 3 is 2.58 bits per heavy atom. The molecule has 0 aliphatic carbocycles. The molecule has 3 nitrogen and oxygen atoms in total. The number of likely N-dealkylation sites (tertiary alicyclic amines) is 1. The van der Waals surface area contributed by atoms with Crippen LogP contribution in [0.15, 0.2) is 18.2 Å². The number of methoxy groups -OCH3 is 1. The molecule has 1 aliphatic rings. The van der Waals surface area contributed by atoms with Gasteiger partial charge in [0.05, 0.1) is 13.7 Å². The van der Waals surface area contributed by atoms with Gasteiger partial charge >= 0.3 is 0 Å². The Morgan fingerprint density at radius 2 is 2.00 bits per heavy atom. The van der Waals surface area contributed by atoms with Gasteiger partial charge in [-0.05, 0) is 55.6 Å². The zero-order chi connectivity index (χ0) is 13.8. The number of hydrogen-bond acceptors (Lipinski definition) is 3. The highest BCUT2D eigenvalue weighted by atomic mass is 16.5. The maximum atomic E-state index is 12.4. The van der Waals surface area contributed by atoms with E-state index in [4.69, 9.17) is 4.74 Å². The molecule has 1 heterocycles. The molecule has 1 aliphatic heterocycles. The zero-order valence-electron chi connectivity index (χ0n) is 12.1. The number of carbonyl (C=O) groups excluding carboxylic acids is 1. The molecule has 0 spiro atoms. The molecule has 0 amide bonds. The summed E-state index contributed by atoms with van der Waals surface area (Å²) >= 11 is 0. The highest BCUT2D eigenvalue weighted by molar-refractivity contribution is 5.99. The zero-order valence-corrected chi connectivity index (χ0v) is 12.1. The predicted molar refractivity (Wildman–Crippen MR) is 77.1 cm³/mol. The van der Waals surface area contributed by atoms with Gasteiger partial charge in [-0.3, -0.25) is 9.69 Å². The van der Waals surface area contributed by atoms with E-state index in [0.717, 1.165) is 30.0 Å². The van der Waals surface area contributed by atoms with Crippen LogP contribution < -0.4 is 4.74 Å². The molecule has 0 unspecified atom stereocenters. The predicted octanol–water partition coefficient (Wildman–Crippen LogP) is 3.10. The van der Waals surface area contributed by atoms with Crippen LogP contribution in [0.2, 0.25) is 0 Å². The molecular formula is C16H23NO2. The summed E-state index contributed by atoms with van der Waals surface area (Å²) in [5.41, 5.74) is 1.94. The van der Waals surface area contributed by atoms with Gasteiger partial charge in [0.2, 0.25) is 0 Å². The number of ketones is 1. The molecule has 0 radical (unpaired) electrons. The Hall–Kier alpha value is -1.35. The molecular weight excluding hydrogens is 238 g/mol. The molecule has 1 aromatic rings. The first-order chi connectivity index (χ1) is 9.11. The molecule has 0 bridgehead atoms. The Balaban J connectivity index is 2.19. The van der Waals surface area contributed by atoms with Gasteiger partial charge < -0.3 is 4.74 Å². The van der Waals surface area contributed by atoms with Gasteiger partial charge in [-0.15, -0.1) is 0 Å². The summed E-state index contributed by atoms with van der Waals surface area (Å²) in [6, 6.07) is 5.78. The van der Waals surface area contributed by atoms with Crippen molar-refractivity contribution in [3.05, 3.63) is 29.3 Å². The maximum absolute atomic E-state index is 12.4. The molecule has 1 saturated heterocycles. The van der Waals surface area contributed by atoms with Crippen LogP contribution in [0.4, 0.5) is 0 Å². The van der Waals surface area contributed by atoms with Gasteiger partial charge in [0.1, 0.15) is 5.75 Å². The quantitative estimate of drug-likeness (QED) is 0.763. The van der Waals surface area contributed by atoms with E-state index >= 15 is 0 Å². The monoisotopic (exact) mass is 261 g/mol. The summed E-state index contributed by atoms with van der Waals surface area (Å²) in [4.78, 5) is 14.7. The van der Waals surface area contributed by atoms with Gasteiger partial charge in [0.25, 0.3) is 0 Å². The SMILES string of the molecule is COc1ccc(C(=O)CN2CCCC2)c(C(C)C)c1. The number of hydrogen-bond donors (Lipinski definition) is 0. The van der Waals surface area contributed by atoms with Gasteiger partial charge in [-0.25, -0.2) is 0 Å². The molecule has 19 heavy (non-hydrogen) atoms. The first kappa shape index (κ1) is 14.1. The van der Waals surface area contributed by atoms with Crippen LogP contribution in [0.25, 0.3) is 0 Å². The van der Waals surface area contributed by atoms with Crippen molar-refractivity contribution in [1.29, 1.82) is 0 Å². The topological polar surface area (TPSA) is 29.5 Å². The summed E-state index contributed by atoms with van der Waals surface area (Å²) in [5.74, 6) is 1.38. The summed E-state index contributed by atoms with van der Waals surface area (Å²) in [5, 5.41) is 0. The van der Waals surface area contributed by atoms with E-state index < -0.39 is 0 Å². The first-order valence-corrected chi connectivity index (χ1v) is 7.05. The van der Waals surface area contributed by atoms with E-state index in [1.165, 1.54) is 12.8 Å². The summed E-state index contributed by atoms with van der Waals surface area (Å²) < 4.78 is 5.25. The smallest absolute Gasteiger partial charge is 0.177 e. The third-order valence-electron chi connectivity index (χ3n) is 3.75. The van der Waals surface area contributed by atoms with Crippen LogP contribution in [0.3, 0.4) is 0 Å². The number of nitrogens with zero attached hydrogens (tertiary/aromatic N) is 1. The molecule has 2 rings (SSSR count). The van der Waals surface area contributed by atoms with Crippen LogP contribution >= 0.6 is 0 Å². The molecule has 1 aromatic carbocycles. The van der Waals surface area contributed by atoms with Crippen molar-refractivity contribution in [1.82, 2.24) is 4.90 Å². The lowest BCUT2D eigenvalue weighted by atomic mass is 9.94. The third kappa shape index (κ3) is 3.35. The average molecular weight is 261 g/mol. The van der Waals surface area contributed by atoms with Gasteiger partial charge in [0.15, 0.2) is 5.78 Å². The maximum Gasteiger partial charge on any atom is 0.177 e. The fourth-order valence-corrected chi connectivity index (χ4v) is 2.63. The van der Waals surface area contributed by atoms with E-state index in [1.807, 2.05) is 18.2 Å². The minimum Gasteiger partial charge on any atom is -0.497 e. The lowest BCUT2D eigenvalue weighted by molar-refractivity contribution is 0.0944. The molecule has 0 N–H and O–H groups in total. The van der Waals surface area contributed by atoms with E-state index in [2.05, 4.69) is 18.7 Å². The van der Waals surface area contributed by atoms with Crippen molar-refractivity contribution in [2.45, 2.75) is 32.6 Å². The second-order valence-corrected chi connectivity index (χ2v) is 5.51. The second-order valence-electron chi connectivity index (χ2n) is 5.51. The van der Waals surface area contributed by atoms with Crippen LogP contribution in [0.1, 0.15) is 48.5 Å². The van der Waals surface area contributed by atoms with Crippen molar-refractivity contribution >= 4 is 5.78 Å². The van der Waals surface area contributed by atoms with Crippen LogP contribution in [0.5, 0.6) is 5.75 Å². The number of Topliss-reactive ketones (excluding diaryl/α,β-unsaturated/α-hetero) is 1. The van der Waals surface area contributed by atoms with Crippen molar-refractivity contribution in [3.8, 4) is 5.75 Å². The molecule has 1 fully saturated rings. The highest BCUT2D eigenvalue weighted by Crippen LogP contribution is 2.25. The molecule has 104 valence electrons. The third-order valence-corrected chi connectivity index (χ3v) is 3.75. The minimum atomic E-state index is 0.230. The lowest BCUT2D eigenvalue weighted by Crippen LogP contribution is -2.27. The number of carbonyl (C=O) groups is 1. The van der Waals surface area contributed by atoms with Gasteiger partial charge in [0, 0.05) is 5.56 Å². The van der Waals surface area contributed by atoms with Crippen molar-refractivity contribution < 1.29 is 9.53 Å². The minimum absolute atomic E-state index is 0.230. The number of benzene rings is 1. The Bertz CT molecular complexity index is 448. The highest BCUT2D eigenvalue weighted by Gasteiger charge is 2.19. The van der Waals surface area contributed by atoms with E-state index in [1.54, 1.807) is 7.11 Å². The van der Waals surface area contributed by atoms with Crippen LogP contribution in [-0.2, 0) is 0 Å². The Labute approximate surface area is 115 Å². The van der Waals surface area contributed by atoms with Crippen molar-refractivity contribution in [2.75, 3.05) is 26.7 Å². The Morgan fingerprint density at radius 1 is 1.32 bits per heavy atom. The van der Waals surface area contributed by atoms with Crippen LogP contribution in [0, 0.1) is 0 Å². The lowest BCUT2D eigenvalue weighted by Gasteiger charge is -2.17. The van der Waals surface area contributed by atoms with Crippen molar-refractivity contribution in [2.24, 2.45) is 0 Å². The average Bonchev–Trinajstić information content (AvgIpc) is 2.90. The van der Waals surface area contributed by atoms with E-state index in [9.17, 15) is 4.79 Å². The van der Waals surface area contributed by atoms with Gasteiger partial charge in [-0.2, -0.15) is 0 Å². The molecule has 3 heteroatoms. The second kappa shape index (κ2) is 6.20. The summed E-state index contributed by atoms with van der Waals surface area (Å²) in [6.45, 7) is 6.88. The molecule has 0 saturated carbocycles. The van der Waals surface area contributed by atoms with E-state index in [-0.39, 0.29) is 5.78 Å². The van der Waals surface area contributed by atoms with Crippen molar-refractivity contribution in [3.63, 3.8) is 0 Å². The van der Waals surface area contributed by atoms with Crippen LogP contribution in [-0.4, -0.2) is 37.4 Å². The number of ether oxygens (including phenoxy) is 1. The number of rotatable bonds is 5. The summed E-state index contributed by atoms with van der Waals surface area (Å²) in [6.07, 6.45) is 2.43. The Kier molecular flexibility index (Phi) is 4.59. The normalized spacial score (nSPS) is 16.0. The fourth-order valence-electron chi connectivity index (χ4n) is 2.63. The summed E-state index contributed by atoms with van der Waals surface area (Å²) in [7, 11) is 1.66. The fraction of sp³-hybridized carbons (Fsp3) is 0.562. The van der Waals surface area contributed by atoms with Gasteiger partial charge in [-0.1, -0.05) is 13.8 Å². The standard InChI is InChI=1S/C16H23NO2/c1-12(2)15-10-13(19-3)6-7-14(15)16(18)11-17-8-4-5-9-17/h6-7,10,12H,4-5,8-9,11H2,1-3H3.